The molecule has 1 heterocycles. The molecule has 1 aliphatic heterocycles. The zero-order valence-electron chi connectivity index (χ0n) is 16.8. The molecular weight excluding hydrogens is 456 g/mol. The van der Waals surface area contributed by atoms with Crippen molar-refractivity contribution in [3.8, 4) is 16.9 Å². The maximum absolute atomic E-state index is 12.7. The molecule has 2 aromatic rings. The van der Waals surface area contributed by atoms with E-state index in [4.69, 9.17) is 11.6 Å². The van der Waals surface area contributed by atoms with Gasteiger partial charge in [0.2, 0.25) is 0 Å². The number of nitrogens with one attached hydrogen (secondary N) is 1. The first-order valence-electron chi connectivity index (χ1n) is 9.43. The Bertz CT molecular complexity index is 1020. The number of ether oxygens (including phenoxy) is 1. The Balaban J connectivity index is 1.66. The summed E-state index contributed by atoms with van der Waals surface area (Å²) in [5.74, 6) is 4.71. The molecule has 3 rings (SSSR count). The second-order valence-electron chi connectivity index (χ2n) is 7.06. The van der Waals surface area contributed by atoms with Crippen LogP contribution in [-0.4, -0.2) is 47.6 Å². The highest BCUT2D eigenvalue weighted by atomic mass is 19.4. The predicted octanol–water partition coefficient (Wildman–Crippen LogP) is 3.42. The van der Waals surface area contributed by atoms with Crippen molar-refractivity contribution >= 4 is 11.6 Å². The number of carbonyl (C=O) groups excluding carboxylic acids is 1. The van der Waals surface area contributed by atoms with Crippen molar-refractivity contribution < 1.29 is 35.9 Å². The van der Waals surface area contributed by atoms with Gasteiger partial charge in [0.15, 0.2) is 0 Å². The molecule has 1 amide bonds. The molecule has 7 nitrogen and oxygen atoms in total. The van der Waals surface area contributed by atoms with Crippen LogP contribution in [0.5, 0.6) is 5.75 Å². The van der Waals surface area contributed by atoms with Crippen molar-refractivity contribution in [2.24, 2.45) is 5.84 Å². The average Bonchev–Trinajstić information content (AvgIpc) is 3.21. The first-order chi connectivity index (χ1) is 15.3. The number of hydrazine groups is 2. The van der Waals surface area contributed by atoms with Crippen LogP contribution < -0.4 is 21.7 Å². The number of hydrogen-bond donors (Lipinski definition) is 3. The topological polar surface area (TPSA) is 96.8 Å². The van der Waals surface area contributed by atoms with Gasteiger partial charge < -0.3 is 15.5 Å². The number of nitrogen functional groups attached to an aromatic ring is 1. The number of alkyl halides is 6. The molecule has 0 radical (unpaired) electrons. The Morgan fingerprint density at radius 1 is 1.06 bits per heavy atom. The molecule has 0 saturated heterocycles. The predicted molar refractivity (Wildman–Crippen MR) is 107 cm³/mol. The summed E-state index contributed by atoms with van der Waals surface area (Å²) in [5, 5.41) is 1.97. The number of hydrogen-bond acceptors (Lipinski definition) is 6. The van der Waals surface area contributed by atoms with Gasteiger partial charge in [0.05, 0.1) is 18.7 Å². The molecule has 1 atom stereocenters. The van der Waals surface area contributed by atoms with Gasteiger partial charge in [0, 0.05) is 11.9 Å². The molecule has 0 aliphatic carbocycles. The smallest absolute Gasteiger partial charge is 0.406 e. The molecule has 178 valence electrons. The van der Waals surface area contributed by atoms with E-state index in [1.165, 1.54) is 30.5 Å². The highest BCUT2D eigenvalue weighted by Gasteiger charge is 2.40. The standard InChI is InChI=1S/C20H19F6N5O2/c21-19(22,23)17-7-8-30(29-17)9-10-31(28)18(32)15-11-13(3-6-16(15)27)12-1-4-14(5-2-12)33-20(24,25)26/h1-8,11,17,29H,9-10,27-28H2. The van der Waals surface area contributed by atoms with Gasteiger partial charge in [-0.1, -0.05) is 18.2 Å². The molecule has 0 bridgehead atoms. The highest BCUT2D eigenvalue weighted by Crippen LogP contribution is 2.29. The van der Waals surface area contributed by atoms with Gasteiger partial charge in [-0.3, -0.25) is 9.80 Å². The average molecular weight is 475 g/mol. The molecule has 2 aromatic carbocycles. The first kappa shape index (κ1) is 24.2. The summed E-state index contributed by atoms with van der Waals surface area (Å²) < 4.78 is 78.8. The fourth-order valence-electron chi connectivity index (χ4n) is 3.02. The SMILES string of the molecule is Nc1ccc(-c2ccc(OC(F)(F)F)cc2)cc1C(=O)N(N)CCN1C=CC(C(F)(F)F)N1. The van der Waals surface area contributed by atoms with Crippen molar-refractivity contribution in [1.29, 1.82) is 0 Å². The van der Waals surface area contributed by atoms with Crippen molar-refractivity contribution in [2.75, 3.05) is 18.8 Å². The lowest BCUT2D eigenvalue weighted by Gasteiger charge is -2.24. The fourth-order valence-corrected chi connectivity index (χ4v) is 3.02. The van der Waals surface area contributed by atoms with Crippen LogP contribution in [-0.2, 0) is 0 Å². The number of amides is 1. The summed E-state index contributed by atoms with van der Waals surface area (Å²) in [4.78, 5) is 12.7. The zero-order valence-corrected chi connectivity index (χ0v) is 16.8. The van der Waals surface area contributed by atoms with Gasteiger partial charge in [0.1, 0.15) is 11.8 Å². The fraction of sp³-hybridized carbons (Fsp3) is 0.250. The lowest BCUT2D eigenvalue weighted by Crippen LogP contribution is -2.48. The molecule has 33 heavy (non-hydrogen) atoms. The van der Waals surface area contributed by atoms with E-state index in [0.29, 0.717) is 11.1 Å². The number of anilines is 1. The third-order valence-corrected chi connectivity index (χ3v) is 4.66. The van der Waals surface area contributed by atoms with Gasteiger partial charge in [0.25, 0.3) is 5.91 Å². The summed E-state index contributed by atoms with van der Waals surface area (Å²) in [6.45, 7) is -0.139. The number of rotatable bonds is 6. The Hall–Kier alpha value is -3.45. The lowest BCUT2D eigenvalue weighted by molar-refractivity contribution is -0.274. The van der Waals surface area contributed by atoms with E-state index in [0.717, 1.165) is 28.2 Å². The van der Waals surface area contributed by atoms with E-state index in [1.807, 2.05) is 0 Å². The summed E-state index contributed by atoms with van der Waals surface area (Å²) in [6.07, 6.45) is -7.12. The third kappa shape index (κ3) is 6.29. The van der Waals surface area contributed by atoms with Crippen molar-refractivity contribution in [1.82, 2.24) is 15.4 Å². The Morgan fingerprint density at radius 2 is 1.70 bits per heavy atom. The highest BCUT2D eigenvalue weighted by molar-refractivity contribution is 6.00. The van der Waals surface area contributed by atoms with Crippen LogP contribution in [0.15, 0.2) is 54.7 Å². The van der Waals surface area contributed by atoms with E-state index in [1.54, 1.807) is 6.07 Å². The number of nitrogens with zero attached hydrogens (tertiary/aromatic N) is 2. The van der Waals surface area contributed by atoms with Crippen LogP contribution in [0, 0.1) is 0 Å². The summed E-state index contributed by atoms with van der Waals surface area (Å²) in [5.41, 5.74) is 9.21. The van der Waals surface area contributed by atoms with Crippen LogP contribution in [0.2, 0.25) is 0 Å². The molecule has 0 fully saturated rings. The monoisotopic (exact) mass is 475 g/mol. The molecule has 0 saturated carbocycles. The zero-order chi connectivity index (χ0) is 24.4. The molecule has 5 N–H and O–H groups in total. The first-order valence-corrected chi connectivity index (χ1v) is 9.43. The quantitative estimate of drug-likeness (QED) is 0.195. The van der Waals surface area contributed by atoms with E-state index in [-0.39, 0.29) is 24.3 Å². The molecule has 0 aromatic heterocycles. The summed E-state index contributed by atoms with van der Waals surface area (Å²) in [7, 11) is 0. The van der Waals surface area contributed by atoms with E-state index in [9.17, 15) is 31.1 Å². The second-order valence-corrected chi connectivity index (χ2v) is 7.06. The van der Waals surface area contributed by atoms with Gasteiger partial charge in [-0.15, -0.1) is 13.2 Å². The number of halogens is 6. The molecule has 1 aliphatic rings. The van der Waals surface area contributed by atoms with Crippen molar-refractivity contribution in [2.45, 2.75) is 18.6 Å². The largest absolute Gasteiger partial charge is 0.573 e. The van der Waals surface area contributed by atoms with E-state index >= 15 is 0 Å². The maximum Gasteiger partial charge on any atom is 0.573 e. The normalized spacial score (nSPS) is 16.2. The summed E-state index contributed by atoms with van der Waals surface area (Å²) in [6, 6.07) is 7.62. The van der Waals surface area contributed by atoms with Crippen LogP contribution in [0.3, 0.4) is 0 Å². The molecule has 13 heteroatoms. The van der Waals surface area contributed by atoms with Crippen molar-refractivity contribution in [3.63, 3.8) is 0 Å². The van der Waals surface area contributed by atoms with Gasteiger partial charge in [-0.25, -0.2) is 11.3 Å². The minimum atomic E-state index is -4.82. The van der Waals surface area contributed by atoms with Gasteiger partial charge in [-0.2, -0.15) is 13.2 Å². The van der Waals surface area contributed by atoms with E-state index in [2.05, 4.69) is 10.2 Å². The Kier molecular flexibility index (Phi) is 6.74. The Labute approximate surface area is 184 Å². The van der Waals surface area contributed by atoms with Crippen LogP contribution in [0.1, 0.15) is 10.4 Å². The second kappa shape index (κ2) is 9.19. The van der Waals surface area contributed by atoms with Crippen LogP contribution >= 0.6 is 0 Å². The molecule has 1 unspecified atom stereocenters. The van der Waals surface area contributed by atoms with Crippen LogP contribution in [0.4, 0.5) is 32.0 Å². The summed E-state index contributed by atoms with van der Waals surface area (Å²) >= 11 is 0. The van der Waals surface area contributed by atoms with Crippen molar-refractivity contribution in [3.05, 3.63) is 60.3 Å². The van der Waals surface area contributed by atoms with Gasteiger partial charge in [-0.05, 0) is 41.5 Å². The van der Waals surface area contributed by atoms with Gasteiger partial charge >= 0.3 is 12.5 Å². The Morgan fingerprint density at radius 3 is 2.27 bits per heavy atom. The number of carbonyl (C=O) groups is 1. The molecular formula is C20H19F6N5O2. The minimum Gasteiger partial charge on any atom is -0.406 e. The van der Waals surface area contributed by atoms with E-state index < -0.39 is 30.2 Å². The number of benzene rings is 2. The minimum absolute atomic E-state index is 0.0222. The molecule has 0 spiro atoms. The number of nitrogens with two attached hydrogens (primary N) is 2. The lowest BCUT2D eigenvalue weighted by atomic mass is 10.0. The maximum atomic E-state index is 12.7. The van der Waals surface area contributed by atoms with Crippen LogP contribution in [0.25, 0.3) is 11.1 Å². The third-order valence-electron chi connectivity index (χ3n) is 4.66.